The van der Waals surface area contributed by atoms with Crippen molar-refractivity contribution < 1.29 is 4.79 Å². The smallest absolute Gasteiger partial charge is 0.222 e. The van der Waals surface area contributed by atoms with Crippen LogP contribution in [0.5, 0.6) is 0 Å². The number of anilines is 1. The van der Waals surface area contributed by atoms with E-state index in [2.05, 4.69) is 6.07 Å². The topological polar surface area (TPSA) is 46.3 Å². The zero-order valence-corrected chi connectivity index (χ0v) is 10.4. The number of likely N-dealkylation sites (tertiary alicyclic amines) is 1. The maximum atomic E-state index is 11.6. The van der Waals surface area contributed by atoms with Gasteiger partial charge in [-0.2, -0.15) is 0 Å². The van der Waals surface area contributed by atoms with Crippen LogP contribution < -0.4 is 5.73 Å². The molecular weight excluding hydrogens is 212 g/mol. The van der Waals surface area contributed by atoms with Gasteiger partial charge in [0.2, 0.25) is 5.91 Å². The van der Waals surface area contributed by atoms with Gasteiger partial charge >= 0.3 is 0 Å². The number of carbonyl (C=O) groups is 1. The summed E-state index contributed by atoms with van der Waals surface area (Å²) < 4.78 is 0. The first-order chi connectivity index (χ1) is 8.22. The number of nitrogens with two attached hydrogens (primary N) is 1. The fourth-order valence-corrected chi connectivity index (χ4v) is 2.55. The van der Waals surface area contributed by atoms with E-state index in [1.807, 2.05) is 30.0 Å². The summed E-state index contributed by atoms with van der Waals surface area (Å²) in [5.74, 6) is 0.779. The number of piperidine rings is 1. The van der Waals surface area contributed by atoms with E-state index in [1.165, 1.54) is 5.56 Å². The van der Waals surface area contributed by atoms with Crippen LogP contribution in [-0.2, 0) is 4.79 Å². The average molecular weight is 232 g/mol. The van der Waals surface area contributed by atoms with E-state index in [9.17, 15) is 4.79 Å². The molecule has 1 aromatic rings. The lowest BCUT2D eigenvalue weighted by atomic mass is 9.88. The number of hydrogen-bond acceptors (Lipinski definition) is 2. The molecule has 17 heavy (non-hydrogen) atoms. The first-order valence-corrected chi connectivity index (χ1v) is 6.34. The zero-order chi connectivity index (χ0) is 12.3. The summed E-state index contributed by atoms with van der Waals surface area (Å²) >= 11 is 0. The van der Waals surface area contributed by atoms with Crippen molar-refractivity contribution in [3.63, 3.8) is 0 Å². The number of nitrogen functional groups attached to an aromatic ring is 1. The second-order valence-corrected chi connectivity index (χ2v) is 4.64. The molecule has 1 heterocycles. The number of carbonyl (C=O) groups excluding carboxylic acids is 1. The number of benzene rings is 1. The van der Waals surface area contributed by atoms with E-state index in [4.69, 9.17) is 5.73 Å². The van der Waals surface area contributed by atoms with Crippen LogP contribution in [0.2, 0.25) is 0 Å². The molecule has 1 aromatic carbocycles. The molecule has 0 aromatic heterocycles. The Morgan fingerprint density at radius 3 is 2.59 bits per heavy atom. The summed E-state index contributed by atoms with van der Waals surface area (Å²) in [6, 6.07) is 8.07. The van der Waals surface area contributed by atoms with Crippen molar-refractivity contribution in [2.75, 3.05) is 18.8 Å². The second-order valence-electron chi connectivity index (χ2n) is 4.64. The van der Waals surface area contributed by atoms with Gasteiger partial charge in [0.05, 0.1) is 0 Å². The predicted molar refractivity (Wildman–Crippen MR) is 69.7 cm³/mol. The molecule has 0 bridgehead atoms. The molecule has 0 atom stereocenters. The third-order valence-electron chi connectivity index (χ3n) is 3.59. The van der Waals surface area contributed by atoms with E-state index >= 15 is 0 Å². The average Bonchev–Trinajstić information content (AvgIpc) is 2.39. The van der Waals surface area contributed by atoms with Crippen molar-refractivity contribution in [3.8, 4) is 0 Å². The van der Waals surface area contributed by atoms with Gasteiger partial charge in [0.1, 0.15) is 0 Å². The molecule has 0 saturated carbocycles. The highest BCUT2D eigenvalue weighted by Gasteiger charge is 2.23. The monoisotopic (exact) mass is 232 g/mol. The van der Waals surface area contributed by atoms with Gasteiger partial charge in [0, 0.05) is 25.2 Å². The van der Waals surface area contributed by atoms with Gasteiger partial charge in [-0.15, -0.1) is 0 Å². The zero-order valence-electron chi connectivity index (χ0n) is 10.4. The Morgan fingerprint density at radius 1 is 1.35 bits per heavy atom. The minimum absolute atomic E-state index is 0.268. The number of para-hydroxylation sites is 1. The number of amides is 1. The molecule has 2 rings (SSSR count). The van der Waals surface area contributed by atoms with Gasteiger partial charge in [0.15, 0.2) is 0 Å². The molecule has 1 aliphatic rings. The van der Waals surface area contributed by atoms with Crippen LogP contribution in [0.3, 0.4) is 0 Å². The molecule has 3 heteroatoms. The van der Waals surface area contributed by atoms with Gasteiger partial charge in [-0.25, -0.2) is 0 Å². The van der Waals surface area contributed by atoms with Crippen molar-refractivity contribution in [1.82, 2.24) is 4.90 Å². The molecule has 0 radical (unpaired) electrons. The highest BCUT2D eigenvalue weighted by Crippen LogP contribution is 2.31. The lowest BCUT2D eigenvalue weighted by Crippen LogP contribution is -2.37. The Labute approximate surface area is 103 Å². The number of rotatable bonds is 2. The van der Waals surface area contributed by atoms with Gasteiger partial charge in [-0.3, -0.25) is 4.79 Å². The molecule has 1 fully saturated rings. The lowest BCUT2D eigenvalue weighted by molar-refractivity contribution is -0.131. The van der Waals surface area contributed by atoms with E-state index < -0.39 is 0 Å². The standard InChI is InChI=1S/C14H20N2O/c1-2-14(17)16-9-7-11(8-10-16)12-5-3-4-6-13(12)15/h3-6,11H,2,7-10,15H2,1H3. The highest BCUT2D eigenvalue weighted by molar-refractivity contribution is 5.75. The Bertz CT molecular complexity index is 395. The van der Waals surface area contributed by atoms with Crippen molar-refractivity contribution in [2.45, 2.75) is 32.1 Å². The van der Waals surface area contributed by atoms with Crippen LogP contribution in [0, 0.1) is 0 Å². The summed E-state index contributed by atoms with van der Waals surface area (Å²) in [4.78, 5) is 13.5. The molecule has 1 aliphatic heterocycles. The molecule has 1 amide bonds. The summed E-state index contributed by atoms with van der Waals surface area (Å²) in [7, 11) is 0. The molecular formula is C14H20N2O. The van der Waals surface area contributed by atoms with Crippen LogP contribution in [0.25, 0.3) is 0 Å². The Balaban J connectivity index is 2.00. The summed E-state index contributed by atoms with van der Waals surface area (Å²) in [5.41, 5.74) is 8.12. The van der Waals surface area contributed by atoms with Crippen LogP contribution in [0.1, 0.15) is 37.7 Å². The van der Waals surface area contributed by atoms with Crippen molar-refractivity contribution in [3.05, 3.63) is 29.8 Å². The molecule has 3 nitrogen and oxygen atoms in total. The normalized spacial score (nSPS) is 17.1. The van der Waals surface area contributed by atoms with Crippen molar-refractivity contribution >= 4 is 11.6 Å². The Kier molecular flexibility index (Phi) is 3.67. The highest BCUT2D eigenvalue weighted by atomic mass is 16.2. The fourth-order valence-electron chi connectivity index (χ4n) is 2.55. The van der Waals surface area contributed by atoms with Crippen molar-refractivity contribution in [2.24, 2.45) is 0 Å². The maximum Gasteiger partial charge on any atom is 0.222 e. The van der Waals surface area contributed by atoms with E-state index in [0.717, 1.165) is 31.6 Å². The van der Waals surface area contributed by atoms with Crippen LogP contribution in [0.15, 0.2) is 24.3 Å². The minimum Gasteiger partial charge on any atom is -0.398 e. The molecule has 0 aliphatic carbocycles. The lowest BCUT2D eigenvalue weighted by Gasteiger charge is -2.32. The Morgan fingerprint density at radius 2 is 2.00 bits per heavy atom. The summed E-state index contributed by atoms with van der Waals surface area (Å²) in [6.07, 6.45) is 2.66. The fraction of sp³-hybridized carbons (Fsp3) is 0.500. The van der Waals surface area contributed by atoms with Crippen LogP contribution >= 0.6 is 0 Å². The molecule has 0 unspecified atom stereocenters. The minimum atomic E-state index is 0.268. The third kappa shape index (κ3) is 2.60. The largest absolute Gasteiger partial charge is 0.398 e. The quantitative estimate of drug-likeness (QED) is 0.796. The maximum absolute atomic E-state index is 11.6. The predicted octanol–water partition coefficient (Wildman–Crippen LogP) is 2.38. The van der Waals surface area contributed by atoms with Gasteiger partial charge in [0.25, 0.3) is 0 Å². The summed E-state index contributed by atoms with van der Waals surface area (Å²) in [5, 5.41) is 0. The van der Waals surface area contributed by atoms with Crippen LogP contribution in [0.4, 0.5) is 5.69 Å². The van der Waals surface area contributed by atoms with Crippen LogP contribution in [-0.4, -0.2) is 23.9 Å². The SMILES string of the molecule is CCC(=O)N1CCC(c2ccccc2N)CC1. The van der Waals surface area contributed by atoms with E-state index in [1.54, 1.807) is 0 Å². The van der Waals surface area contributed by atoms with Crippen molar-refractivity contribution in [1.29, 1.82) is 0 Å². The third-order valence-corrected chi connectivity index (χ3v) is 3.59. The first-order valence-electron chi connectivity index (χ1n) is 6.34. The molecule has 0 spiro atoms. The summed E-state index contributed by atoms with van der Waals surface area (Å²) in [6.45, 7) is 3.65. The second kappa shape index (κ2) is 5.21. The van der Waals surface area contributed by atoms with E-state index in [0.29, 0.717) is 12.3 Å². The van der Waals surface area contributed by atoms with Gasteiger partial charge in [-0.1, -0.05) is 25.1 Å². The number of hydrogen-bond donors (Lipinski definition) is 1. The number of nitrogens with zero attached hydrogens (tertiary/aromatic N) is 1. The van der Waals surface area contributed by atoms with Gasteiger partial charge in [-0.05, 0) is 30.4 Å². The first kappa shape index (κ1) is 12.0. The van der Waals surface area contributed by atoms with E-state index in [-0.39, 0.29) is 5.91 Å². The molecule has 1 saturated heterocycles. The molecule has 92 valence electrons. The molecule has 2 N–H and O–H groups in total. The van der Waals surface area contributed by atoms with Gasteiger partial charge < -0.3 is 10.6 Å². The Hall–Kier alpha value is -1.51.